The molecule has 0 saturated heterocycles. The van der Waals surface area contributed by atoms with Gasteiger partial charge in [-0.05, 0) is 0 Å². The third kappa shape index (κ3) is 9.75. The van der Waals surface area contributed by atoms with E-state index in [1.165, 1.54) is 19.2 Å². The van der Waals surface area contributed by atoms with Gasteiger partial charge < -0.3 is 0 Å². The summed E-state index contributed by atoms with van der Waals surface area (Å²) >= 11 is 1.50. The standard InChI is InChI=1S/Co.Fe.O.Pd. The van der Waals surface area contributed by atoms with Gasteiger partial charge in [-0.1, -0.05) is 0 Å². The van der Waals surface area contributed by atoms with Gasteiger partial charge in [-0.15, -0.1) is 0 Å². The fourth-order valence-corrected chi connectivity index (χ4v) is 0. The zero-order valence-corrected chi connectivity index (χ0v) is 5.11. The van der Waals surface area contributed by atoms with Crippen LogP contribution in [0, 0.1) is 0 Å². The van der Waals surface area contributed by atoms with E-state index in [4.69, 9.17) is 3.47 Å². The average Bonchev–Trinajstić information content (AvgIpc) is 1.00. The molecular formula is CoFeOPd. The van der Waals surface area contributed by atoms with Gasteiger partial charge in [0, 0.05) is 33.8 Å². The summed E-state index contributed by atoms with van der Waals surface area (Å²) in [6.45, 7) is 0. The zero-order chi connectivity index (χ0) is 2.00. The van der Waals surface area contributed by atoms with Gasteiger partial charge in [0.1, 0.15) is 0 Å². The van der Waals surface area contributed by atoms with Gasteiger partial charge in [0.25, 0.3) is 0 Å². The van der Waals surface area contributed by atoms with Gasteiger partial charge >= 0.3 is 22.6 Å². The van der Waals surface area contributed by atoms with E-state index in [0.717, 1.165) is 0 Å². The van der Waals surface area contributed by atoms with E-state index in [1.807, 2.05) is 0 Å². The molecule has 0 fully saturated rings. The Hall–Kier alpha value is 1.49. The number of rotatable bonds is 0. The van der Waals surface area contributed by atoms with Crippen LogP contribution in [0.4, 0.5) is 0 Å². The minimum absolute atomic E-state index is 0. The number of hydrogen-bond donors (Lipinski definition) is 0. The summed E-state index contributed by atoms with van der Waals surface area (Å²) in [4.78, 5) is 0. The van der Waals surface area contributed by atoms with Crippen molar-refractivity contribution in [1.29, 1.82) is 0 Å². The number of hydrogen-bond acceptors (Lipinski definition) is 1. The first-order valence-corrected chi connectivity index (χ1v) is 0.764. The summed E-state index contributed by atoms with van der Waals surface area (Å²) in [5.41, 5.74) is 0. The van der Waals surface area contributed by atoms with Crippen LogP contribution >= 0.6 is 0 Å². The van der Waals surface area contributed by atoms with Gasteiger partial charge in [-0.25, -0.2) is 0 Å². The van der Waals surface area contributed by atoms with Crippen LogP contribution in [0.3, 0.4) is 0 Å². The van der Waals surface area contributed by atoms with Crippen LogP contribution in [0.2, 0.25) is 0 Å². The molecule has 0 aliphatic heterocycles. The second-order valence-corrected chi connectivity index (χ2v) is 0. The predicted molar refractivity (Wildman–Crippen MR) is 0.686 cm³/mol. The molecule has 0 aliphatic carbocycles. The van der Waals surface area contributed by atoms with Crippen LogP contribution < -0.4 is 0 Å². The van der Waals surface area contributed by atoms with Crippen molar-refractivity contribution < 1.29 is 56.5 Å². The van der Waals surface area contributed by atoms with E-state index < -0.39 is 0 Å². The van der Waals surface area contributed by atoms with Crippen molar-refractivity contribution in [2.24, 2.45) is 0 Å². The Labute approximate surface area is 56.3 Å². The first kappa shape index (κ1) is 17.9. The molecule has 0 aliphatic rings. The maximum atomic E-state index is 8.10. The van der Waals surface area contributed by atoms with E-state index in [9.17, 15) is 0 Å². The molecule has 0 saturated carbocycles. The van der Waals surface area contributed by atoms with Crippen LogP contribution in [0.15, 0.2) is 0 Å². The minimum atomic E-state index is 0. The Morgan fingerprint density at radius 3 is 1.25 bits per heavy atom. The van der Waals surface area contributed by atoms with Crippen LogP contribution in [-0.4, -0.2) is 0 Å². The molecule has 0 aromatic carbocycles. The van der Waals surface area contributed by atoms with E-state index >= 15 is 0 Å². The fraction of sp³-hybridized carbons (Fsp3) is 0. The molecule has 0 aromatic rings. The molecule has 0 N–H and O–H groups in total. The molecule has 1 nitrogen and oxygen atoms in total. The third-order valence-electron chi connectivity index (χ3n) is 0. The molecule has 0 unspecified atom stereocenters. The quantitative estimate of drug-likeness (QED) is 0.537. The molecule has 4 heteroatoms. The normalized spacial score (nSPS) is 1.50. The zero-order valence-electron chi connectivity index (χ0n) is 1.41. The first-order chi connectivity index (χ1) is 1.00. The Morgan fingerprint density at radius 1 is 1.25 bits per heavy atom. The summed E-state index contributed by atoms with van der Waals surface area (Å²) in [5.74, 6) is 0. The monoisotopic (exact) mass is 237 g/mol. The van der Waals surface area contributed by atoms with Gasteiger partial charge in [0.2, 0.25) is 0 Å². The van der Waals surface area contributed by atoms with Crippen molar-refractivity contribution in [3.05, 3.63) is 0 Å². The predicted octanol–water partition coefficient (Wildman–Crippen LogP) is -0.126. The van der Waals surface area contributed by atoms with E-state index in [0.29, 0.717) is 0 Å². The van der Waals surface area contributed by atoms with E-state index in [1.54, 1.807) is 0 Å². The summed E-state index contributed by atoms with van der Waals surface area (Å²) in [6.07, 6.45) is 0. The van der Waals surface area contributed by atoms with Crippen molar-refractivity contribution in [2.45, 2.75) is 0 Å². The fourth-order valence-electron chi connectivity index (χ4n) is 0. The van der Waals surface area contributed by atoms with Gasteiger partial charge in [-0.2, -0.15) is 0 Å². The van der Waals surface area contributed by atoms with Crippen LogP contribution in [0.25, 0.3) is 0 Å². The molecule has 0 amide bonds. The van der Waals surface area contributed by atoms with Crippen molar-refractivity contribution in [3.63, 3.8) is 0 Å². The van der Waals surface area contributed by atoms with Gasteiger partial charge in [0.05, 0.1) is 0 Å². The Bertz CT molecular complexity index is 8.00. The Morgan fingerprint density at radius 2 is 1.25 bits per heavy atom. The Kier molecular flexibility index (Phi) is 110. The molecule has 4 heavy (non-hydrogen) atoms. The van der Waals surface area contributed by atoms with Gasteiger partial charge in [-0.3, -0.25) is 0 Å². The molecule has 0 rings (SSSR count). The van der Waals surface area contributed by atoms with Crippen molar-refractivity contribution in [3.8, 4) is 0 Å². The summed E-state index contributed by atoms with van der Waals surface area (Å²) < 4.78 is 8.10. The second kappa shape index (κ2) is 24.7. The summed E-state index contributed by atoms with van der Waals surface area (Å²) in [5, 5.41) is 0. The Balaban J connectivity index is -0.00000000500. The molecule has 0 bridgehead atoms. The molecule has 0 aromatic heterocycles. The van der Waals surface area contributed by atoms with Crippen LogP contribution in [0.1, 0.15) is 0 Å². The SMILES string of the molecule is [Co].[Fe].[O]=[Pd]. The first-order valence-electron chi connectivity index (χ1n) is 0.129. The molecule has 1 radical (unpaired) electrons. The van der Waals surface area contributed by atoms with Crippen LogP contribution in [-0.2, 0) is 56.5 Å². The van der Waals surface area contributed by atoms with Crippen molar-refractivity contribution in [1.82, 2.24) is 0 Å². The van der Waals surface area contributed by atoms with Crippen LogP contribution in [0.5, 0.6) is 0 Å². The summed E-state index contributed by atoms with van der Waals surface area (Å²) in [7, 11) is 0. The molecule has 0 atom stereocenters. The topological polar surface area (TPSA) is 17.1 Å². The van der Waals surface area contributed by atoms with E-state index in [2.05, 4.69) is 0 Å². The maximum absolute atomic E-state index is 8.10. The molecule has 0 spiro atoms. The molecule has 33 valence electrons. The van der Waals surface area contributed by atoms with Crippen molar-refractivity contribution in [2.75, 3.05) is 0 Å². The average molecular weight is 237 g/mol. The van der Waals surface area contributed by atoms with Crippen molar-refractivity contribution >= 4 is 0 Å². The molecule has 0 heterocycles. The summed E-state index contributed by atoms with van der Waals surface area (Å²) in [6, 6.07) is 0. The third-order valence-corrected chi connectivity index (χ3v) is 0. The second-order valence-electron chi connectivity index (χ2n) is 0. The molecular weight excluding hydrogens is 237 g/mol. The van der Waals surface area contributed by atoms with Gasteiger partial charge in [0.15, 0.2) is 0 Å². The van der Waals surface area contributed by atoms with E-state index in [-0.39, 0.29) is 33.8 Å².